The maximum Gasteiger partial charge on any atom is 0.408 e. The summed E-state index contributed by atoms with van der Waals surface area (Å²) in [4.78, 5) is 53.8. The Labute approximate surface area is 229 Å². The van der Waals surface area contributed by atoms with Gasteiger partial charge in [-0.3, -0.25) is 14.4 Å². The van der Waals surface area contributed by atoms with Gasteiger partial charge in [0.2, 0.25) is 11.8 Å². The fourth-order valence-corrected chi connectivity index (χ4v) is 4.17. The highest BCUT2D eigenvalue weighted by Crippen LogP contribution is 2.33. The fraction of sp³-hybridized carbons (Fsp3) is 0.448. The van der Waals surface area contributed by atoms with Crippen molar-refractivity contribution in [1.29, 1.82) is 0 Å². The summed E-state index contributed by atoms with van der Waals surface area (Å²) in [7, 11) is 0. The van der Waals surface area contributed by atoms with Crippen LogP contribution in [-0.4, -0.2) is 51.5 Å². The number of primary amides is 1. The quantitative estimate of drug-likeness (QED) is 0.356. The Hall–Kier alpha value is -4.08. The van der Waals surface area contributed by atoms with Crippen LogP contribution in [0, 0.1) is 13.8 Å². The number of anilines is 1. The van der Waals surface area contributed by atoms with Crippen molar-refractivity contribution < 1.29 is 29.0 Å². The zero-order valence-electron chi connectivity index (χ0n) is 23.7. The molecule has 2 aromatic rings. The molecule has 2 aromatic carbocycles. The summed E-state index contributed by atoms with van der Waals surface area (Å²) in [5.41, 5.74) is 6.98. The van der Waals surface area contributed by atoms with E-state index in [-0.39, 0.29) is 11.3 Å². The summed E-state index contributed by atoms with van der Waals surface area (Å²) >= 11 is 0. The second-order valence-electron chi connectivity index (χ2n) is 10.6. The number of benzene rings is 2. The van der Waals surface area contributed by atoms with E-state index in [1.807, 2.05) is 39.0 Å². The fourth-order valence-electron chi connectivity index (χ4n) is 4.17. The minimum absolute atomic E-state index is 0.185. The predicted octanol–water partition coefficient (Wildman–Crippen LogP) is 4.08. The Morgan fingerprint density at radius 2 is 1.62 bits per heavy atom. The van der Waals surface area contributed by atoms with Crippen molar-refractivity contribution in [2.24, 2.45) is 5.73 Å². The van der Waals surface area contributed by atoms with E-state index in [9.17, 15) is 24.3 Å². The van der Waals surface area contributed by atoms with Gasteiger partial charge in [-0.2, -0.15) is 0 Å². The largest absolute Gasteiger partial charge is 0.508 e. The van der Waals surface area contributed by atoms with Crippen molar-refractivity contribution in [3.8, 4) is 5.75 Å². The monoisotopic (exact) mass is 540 g/mol. The highest BCUT2D eigenvalue weighted by atomic mass is 16.6. The van der Waals surface area contributed by atoms with E-state index in [0.717, 1.165) is 11.1 Å². The van der Waals surface area contributed by atoms with E-state index in [1.54, 1.807) is 45.9 Å². The number of rotatable bonds is 10. The molecule has 0 aliphatic heterocycles. The molecule has 2 rings (SSSR count). The maximum atomic E-state index is 14.1. The number of aryl methyl sites for hydroxylation is 2. The molecule has 3 unspecified atom stereocenters. The zero-order chi connectivity index (χ0) is 29.5. The summed E-state index contributed by atoms with van der Waals surface area (Å²) in [6, 6.07) is 8.55. The lowest BCUT2D eigenvalue weighted by Gasteiger charge is -2.38. The Morgan fingerprint density at radius 3 is 2.13 bits per heavy atom. The number of hydrogen-bond donors (Lipinski definition) is 4. The highest BCUT2D eigenvalue weighted by molar-refractivity contribution is 6.01. The van der Waals surface area contributed by atoms with Gasteiger partial charge in [0.15, 0.2) is 0 Å². The van der Waals surface area contributed by atoms with Crippen LogP contribution in [-0.2, 0) is 19.1 Å². The zero-order valence-corrected chi connectivity index (χ0v) is 23.7. The first-order valence-corrected chi connectivity index (χ1v) is 12.9. The van der Waals surface area contributed by atoms with Crippen LogP contribution in [0.5, 0.6) is 5.75 Å². The SMILES string of the molecule is CCC(C)N(C(=O)C(CC(N)=O)NC(=O)OC(C)(C)C)C(C(=O)Nc1c(C)cccc1C)c1ccccc1O. The normalized spacial score (nSPS) is 13.5. The highest BCUT2D eigenvalue weighted by Gasteiger charge is 2.40. The van der Waals surface area contributed by atoms with Gasteiger partial charge in [0.05, 0.1) is 6.42 Å². The summed E-state index contributed by atoms with van der Waals surface area (Å²) < 4.78 is 5.29. The molecule has 0 bridgehead atoms. The molecular weight excluding hydrogens is 500 g/mol. The number of alkyl carbamates (subject to hydrolysis) is 1. The van der Waals surface area contributed by atoms with Crippen LogP contribution in [0.25, 0.3) is 0 Å². The number of aromatic hydroxyl groups is 1. The second-order valence-corrected chi connectivity index (χ2v) is 10.6. The first kappa shape index (κ1) is 31.1. The van der Waals surface area contributed by atoms with Crippen LogP contribution >= 0.6 is 0 Å². The van der Waals surface area contributed by atoms with Crippen molar-refractivity contribution in [3.63, 3.8) is 0 Å². The molecule has 0 aromatic heterocycles. The second kappa shape index (κ2) is 13.1. The van der Waals surface area contributed by atoms with Gasteiger partial charge >= 0.3 is 6.09 Å². The first-order chi connectivity index (χ1) is 18.2. The molecule has 0 saturated heterocycles. The molecule has 0 heterocycles. The molecule has 0 radical (unpaired) electrons. The number of ether oxygens (including phenoxy) is 1. The molecule has 3 atom stereocenters. The summed E-state index contributed by atoms with van der Waals surface area (Å²) in [6.45, 7) is 12.3. The molecule has 212 valence electrons. The number of nitrogens with zero attached hydrogens (tertiary/aromatic N) is 1. The van der Waals surface area contributed by atoms with Gasteiger partial charge in [0.1, 0.15) is 23.4 Å². The van der Waals surface area contributed by atoms with Crippen LogP contribution in [0.2, 0.25) is 0 Å². The number of carbonyl (C=O) groups excluding carboxylic acids is 4. The van der Waals surface area contributed by atoms with Crippen molar-refractivity contribution in [3.05, 3.63) is 59.2 Å². The topological polar surface area (TPSA) is 151 Å². The van der Waals surface area contributed by atoms with Gasteiger partial charge in [-0.05, 0) is 65.2 Å². The third-order valence-electron chi connectivity index (χ3n) is 6.20. The average Bonchev–Trinajstić information content (AvgIpc) is 2.82. The molecule has 10 nitrogen and oxygen atoms in total. The number of amides is 4. The van der Waals surface area contributed by atoms with E-state index in [1.165, 1.54) is 11.0 Å². The van der Waals surface area contributed by atoms with Crippen LogP contribution < -0.4 is 16.4 Å². The van der Waals surface area contributed by atoms with Gasteiger partial charge in [0.25, 0.3) is 5.91 Å². The van der Waals surface area contributed by atoms with Crippen LogP contribution in [0.1, 0.15) is 70.2 Å². The van der Waals surface area contributed by atoms with Crippen molar-refractivity contribution in [2.75, 3.05) is 5.32 Å². The molecule has 4 amide bonds. The third kappa shape index (κ3) is 8.46. The molecule has 0 spiro atoms. The Balaban J connectivity index is 2.63. The standard InChI is InChI=1S/C29H40N4O6/c1-8-19(4)33(27(37)21(16-23(30)35)31-28(38)39-29(5,6)7)25(20-14-9-10-15-22(20)34)26(36)32-24-17(2)12-11-13-18(24)3/h9-15,19,21,25,34H,8,16H2,1-7H3,(H2,30,35)(H,31,38)(H,32,36). The maximum absolute atomic E-state index is 14.1. The van der Waals surface area contributed by atoms with Gasteiger partial charge in [0, 0.05) is 17.3 Å². The molecule has 10 heteroatoms. The molecule has 39 heavy (non-hydrogen) atoms. The van der Waals surface area contributed by atoms with Crippen LogP contribution in [0.15, 0.2) is 42.5 Å². The molecule has 0 aliphatic rings. The van der Waals surface area contributed by atoms with E-state index in [4.69, 9.17) is 10.5 Å². The van der Waals surface area contributed by atoms with Crippen molar-refractivity contribution in [1.82, 2.24) is 10.2 Å². The number of nitrogens with two attached hydrogens (primary N) is 1. The number of phenolic OH excluding ortho intramolecular Hbond substituents is 1. The van der Waals surface area contributed by atoms with Gasteiger partial charge in [-0.1, -0.05) is 43.3 Å². The molecule has 5 N–H and O–H groups in total. The first-order valence-electron chi connectivity index (χ1n) is 12.9. The Kier molecular flexibility index (Phi) is 10.5. The van der Waals surface area contributed by atoms with Crippen LogP contribution in [0.3, 0.4) is 0 Å². The van der Waals surface area contributed by atoms with Gasteiger partial charge in [-0.15, -0.1) is 0 Å². The van der Waals surface area contributed by atoms with E-state index in [2.05, 4.69) is 10.6 Å². The van der Waals surface area contributed by atoms with E-state index >= 15 is 0 Å². The van der Waals surface area contributed by atoms with Gasteiger partial charge in [-0.25, -0.2) is 4.79 Å². The predicted molar refractivity (Wildman–Crippen MR) is 149 cm³/mol. The number of carbonyl (C=O) groups is 4. The molecule has 0 aliphatic carbocycles. The van der Waals surface area contributed by atoms with Crippen LogP contribution in [0.4, 0.5) is 10.5 Å². The molecule has 0 fully saturated rings. The van der Waals surface area contributed by atoms with Gasteiger partial charge < -0.3 is 31.1 Å². The third-order valence-corrected chi connectivity index (χ3v) is 6.20. The minimum Gasteiger partial charge on any atom is -0.508 e. The number of para-hydroxylation sites is 2. The smallest absolute Gasteiger partial charge is 0.408 e. The number of hydrogen-bond acceptors (Lipinski definition) is 6. The minimum atomic E-state index is -1.41. The summed E-state index contributed by atoms with van der Waals surface area (Å²) in [5, 5.41) is 16.1. The average molecular weight is 541 g/mol. The van der Waals surface area contributed by atoms with Crippen molar-refractivity contribution >= 4 is 29.5 Å². The van der Waals surface area contributed by atoms with Crippen molar-refractivity contribution in [2.45, 2.75) is 85.0 Å². The number of phenols is 1. The lowest BCUT2D eigenvalue weighted by Crippen LogP contribution is -2.55. The summed E-state index contributed by atoms with van der Waals surface area (Å²) in [5.74, 6) is -2.31. The number of nitrogens with one attached hydrogen (secondary N) is 2. The summed E-state index contributed by atoms with van der Waals surface area (Å²) in [6.07, 6.45) is -0.996. The van der Waals surface area contributed by atoms with E-state index in [0.29, 0.717) is 12.1 Å². The Bertz CT molecular complexity index is 1190. The van der Waals surface area contributed by atoms with E-state index < -0.39 is 54.0 Å². The Morgan fingerprint density at radius 1 is 1.03 bits per heavy atom. The lowest BCUT2D eigenvalue weighted by molar-refractivity contribution is -0.144. The molecule has 0 saturated carbocycles. The molecular formula is C29H40N4O6. The lowest BCUT2D eigenvalue weighted by atomic mass is 9.98.